The van der Waals surface area contributed by atoms with Crippen LogP contribution in [0.1, 0.15) is 41.3 Å². The molecule has 0 spiro atoms. The first kappa shape index (κ1) is 21.3. The first-order valence-electron chi connectivity index (χ1n) is 10.9. The number of Topliss-reactive ketones (excluding diaryl/α,β-unsaturated/α-hetero) is 1. The number of ketones is 1. The van der Waals surface area contributed by atoms with E-state index in [0.29, 0.717) is 43.2 Å². The standard InChI is InChI=1S/C25H24BrNO5/c1-3-15-4-6-16(7-5-15)21(28)24(2)20-18-14-17(26)8-9-19(18)32-23(30)25(20,24)22(29)27-10-12-31-13-11-27/h4-9,14,20H,3,10-13H2,1-2H3/t20-,24+,25-/m1/s1. The fourth-order valence-electron chi connectivity index (χ4n) is 5.46. The molecule has 2 fully saturated rings. The lowest BCUT2D eigenvalue weighted by Gasteiger charge is -2.32. The zero-order chi connectivity index (χ0) is 22.7. The van der Waals surface area contributed by atoms with E-state index >= 15 is 0 Å². The van der Waals surface area contributed by atoms with Crippen LogP contribution in [0.25, 0.3) is 0 Å². The van der Waals surface area contributed by atoms with Gasteiger partial charge in [-0.05, 0) is 37.1 Å². The van der Waals surface area contributed by atoms with Crippen LogP contribution in [-0.2, 0) is 20.7 Å². The maximum Gasteiger partial charge on any atom is 0.328 e. The number of carbonyl (C=O) groups excluding carboxylic acids is 3. The van der Waals surface area contributed by atoms with Gasteiger partial charge in [-0.15, -0.1) is 0 Å². The normalized spacial score (nSPS) is 28.4. The van der Waals surface area contributed by atoms with Crippen LogP contribution in [0.4, 0.5) is 0 Å². The third-order valence-corrected chi connectivity index (χ3v) is 7.78. The lowest BCUT2D eigenvalue weighted by molar-refractivity contribution is -0.156. The Labute approximate surface area is 195 Å². The Hall–Kier alpha value is -2.51. The van der Waals surface area contributed by atoms with E-state index in [2.05, 4.69) is 15.9 Å². The Morgan fingerprint density at radius 1 is 1.12 bits per heavy atom. The maximum absolute atomic E-state index is 13.9. The molecule has 6 nitrogen and oxygen atoms in total. The van der Waals surface area contributed by atoms with Crippen LogP contribution in [0.2, 0.25) is 0 Å². The van der Waals surface area contributed by atoms with E-state index < -0.39 is 22.7 Å². The molecule has 2 aromatic carbocycles. The predicted octanol–water partition coefficient (Wildman–Crippen LogP) is 3.76. The van der Waals surface area contributed by atoms with Gasteiger partial charge in [0.2, 0.25) is 5.91 Å². The summed E-state index contributed by atoms with van der Waals surface area (Å²) in [6.45, 7) is 5.39. The highest BCUT2D eigenvalue weighted by atomic mass is 79.9. The molecule has 0 N–H and O–H groups in total. The number of nitrogens with zero attached hydrogens (tertiary/aromatic N) is 1. The van der Waals surface area contributed by atoms with Gasteiger partial charge in [0.25, 0.3) is 0 Å². The number of hydrogen-bond donors (Lipinski definition) is 0. The molecule has 5 rings (SSSR count). The van der Waals surface area contributed by atoms with Gasteiger partial charge in [-0.1, -0.05) is 47.1 Å². The van der Waals surface area contributed by atoms with Crippen molar-refractivity contribution in [2.24, 2.45) is 10.8 Å². The molecule has 2 aromatic rings. The number of halogens is 1. The van der Waals surface area contributed by atoms with Crippen molar-refractivity contribution in [3.05, 3.63) is 63.6 Å². The number of fused-ring (bicyclic) bond motifs is 3. The predicted molar refractivity (Wildman–Crippen MR) is 121 cm³/mol. The second kappa shape index (κ2) is 7.52. The fourth-order valence-corrected chi connectivity index (χ4v) is 5.84. The van der Waals surface area contributed by atoms with Gasteiger partial charge in [0.05, 0.1) is 18.6 Å². The SMILES string of the molecule is CCc1ccc(C(=O)[C@]2(C)[C@H]3c4cc(Br)ccc4OC(=O)[C@]32C(=O)N2CCOCC2)cc1. The Morgan fingerprint density at radius 2 is 1.81 bits per heavy atom. The molecule has 2 heterocycles. The van der Waals surface area contributed by atoms with E-state index in [1.54, 1.807) is 36.1 Å². The van der Waals surface area contributed by atoms with Crippen LogP contribution < -0.4 is 4.74 Å². The van der Waals surface area contributed by atoms with Gasteiger partial charge < -0.3 is 14.4 Å². The molecule has 1 saturated heterocycles. The third-order valence-electron chi connectivity index (χ3n) is 7.29. The van der Waals surface area contributed by atoms with Gasteiger partial charge in [-0.25, -0.2) is 0 Å². The lowest BCUT2D eigenvalue weighted by Crippen LogP contribution is -2.50. The van der Waals surface area contributed by atoms with E-state index in [1.165, 1.54) is 0 Å². The summed E-state index contributed by atoms with van der Waals surface area (Å²) in [6.07, 6.45) is 0.863. The van der Waals surface area contributed by atoms with Gasteiger partial charge in [0.1, 0.15) is 5.75 Å². The summed E-state index contributed by atoms with van der Waals surface area (Å²) in [5.41, 5.74) is -0.482. The third kappa shape index (κ3) is 2.77. The Morgan fingerprint density at radius 3 is 2.47 bits per heavy atom. The molecule has 32 heavy (non-hydrogen) atoms. The lowest BCUT2D eigenvalue weighted by atomic mass is 9.85. The minimum atomic E-state index is -1.57. The highest BCUT2D eigenvalue weighted by molar-refractivity contribution is 9.10. The maximum atomic E-state index is 13.9. The van der Waals surface area contributed by atoms with E-state index in [9.17, 15) is 14.4 Å². The van der Waals surface area contributed by atoms with E-state index in [0.717, 1.165) is 16.5 Å². The molecule has 2 aliphatic heterocycles. The molecule has 7 heteroatoms. The van der Waals surface area contributed by atoms with Crippen molar-refractivity contribution in [1.29, 1.82) is 0 Å². The monoisotopic (exact) mass is 497 g/mol. The minimum absolute atomic E-state index is 0.212. The number of aryl methyl sites for hydroxylation is 1. The van der Waals surface area contributed by atoms with Crippen LogP contribution in [-0.4, -0.2) is 48.9 Å². The highest BCUT2D eigenvalue weighted by Crippen LogP contribution is 2.78. The zero-order valence-corrected chi connectivity index (χ0v) is 19.6. The van der Waals surface area contributed by atoms with Crippen LogP contribution >= 0.6 is 15.9 Å². The molecule has 3 aliphatic rings. The number of esters is 1. The first-order valence-corrected chi connectivity index (χ1v) is 11.7. The summed E-state index contributed by atoms with van der Waals surface area (Å²) in [5, 5.41) is 0. The van der Waals surface area contributed by atoms with Crippen molar-refractivity contribution in [3.8, 4) is 5.75 Å². The fraction of sp³-hybridized carbons (Fsp3) is 0.400. The number of ether oxygens (including phenoxy) is 2. The van der Waals surface area contributed by atoms with Gasteiger partial charge in [0, 0.05) is 34.6 Å². The first-order chi connectivity index (χ1) is 15.4. The molecule has 1 aliphatic carbocycles. The largest absolute Gasteiger partial charge is 0.425 e. The molecule has 1 amide bonds. The highest BCUT2D eigenvalue weighted by Gasteiger charge is 2.88. The summed E-state index contributed by atoms with van der Waals surface area (Å²) in [5.74, 6) is -1.38. The van der Waals surface area contributed by atoms with Crippen LogP contribution in [0.3, 0.4) is 0 Å². The minimum Gasteiger partial charge on any atom is -0.425 e. The van der Waals surface area contributed by atoms with Crippen molar-refractivity contribution in [1.82, 2.24) is 4.90 Å². The van der Waals surface area contributed by atoms with Gasteiger partial charge in [0.15, 0.2) is 11.2 Å². The zero-order valence-electron chi connectivity index (χ0n) is 18.0. The van der Waals surface area contributed by atoms with E-state index in [1.807, 2.05) is 25.1 Å². The molecule has 0 radical (unpaired) electrons. The Kier molecular flexibility index (Phi) is 5.02. The Bertz CT molecular complexity index is 1120. The number of carbonyl (C=O) groups is 3. The van der Waals surface area contributed by atoms with Crippen molar-refractivity contribution in [2.75, 3.05) is 26.3 Å². The second-order valence-electron chi connectivity index (χ2n) is 8.80. The summed E-state index contributed by atoms with van der Waals surface area (Å²) in [6, 6.07) is 12.8. The molecule has 3 atom stereocenters. The van der Waals surface area contributed by atoms with Crippen molar-refractivity contribution in [3.63, 3.8) is 0 Å². The number of hydrogen-bond acceptors (Lipinski definition) is 5. The number of rotatable bonds is 4. The number of benzene rings is 2. The average molecular weight is 498 g/mol. The number of morpholine rings is 1. The summed E-state index contributed by atoms with van der Waals surface area (Å²) in [4.78, 5) is 42.9. The summed E-state index contributed by atoms with van der Waals surface area (Å²) < 4.78 is 11.9. The smallest absolute Gasteiger partial charge is 0.328 e. The van der Waals surface area contributed by atoms with Gasteiger partial charge in [-0.2, -0.15) is 0 Å². The summed E-state index contributed by atoms with van der Waals surface area (Å²) in [7, 11) is 0. The van der Waals surface area contributed by atoms with Crippen molar-refractivity contribution < 1.29 is 23.9 Å². The molecule has 166 valence electrons. The molecule has 1 saturated carbocycles. The van der Waals surface area contributed by atoms with Crippen LogP contribution in [0.5, 0.6) is 5.75 Å². The molecular formula is C25H24BrNO5. The van der Waals surface area contributed by atoms with Gasteiger partial charge >= 0.3 is 5.97 Å². The molecule has 0 unspecified atom stereocenters. The van der Waals surface area contributed by atoms with Gasteiger partial charge in [-0.3, -0.25) is 14.4 Å². The van der Waals surface area contributed by atoms with Crippen LogP contribution in [0, 0.1) is 10.8 Å². The number of amides is 1. The molecule has 0 aromatic heterocycles. The Balaban J connectivity index is 1.64. The topological polar surface area (TPSA) is 72.9 Å². The van der Waals surface area contributed by atoms with Crippen molar-refractivity contribution in [2.45, 2.75) is 26.2 Å². The molecule has 0 bridgehead atoms. The van der Waals surface area contributed by atoms with Crippen LogP contribution in [0.15, 0.2) is 46.9 Å². The van der Waals surface area contributed by atoms with Crippen molar-refractivity contribution >= 4 is 33.6 Å². The second-order valence-corrected chi connectivity index (χ2v) is 9.71. The average Bonchev–Trinajstić information content (AvgIpc) is 3.42. The van der Waals surface area contributed by atoms with E-state index in [-0.39, 0.29) is 11.7 Å². The summed E-state index contributed by atoms with van der Waals surface area (Å²) >= 11 is 3.48. The molecular weight excluding hydrogens is 474 g/mol. The van der Waals surface area contributed by atoms with E-state index in [4.69, 9.17) is 9.47 Å². The quantitative estimate of drug-likeness (QED) is 0.278.